The Balaban J connectivity index is 1.89. The quantitative estimate of drug-likeness (QED) is 0.617. The van der Waals surface area contributed by atoms with E-state index in [2.05, 4.69) is 4.90 Å². The summed E-state index contributed by atoms with van der Waals surface area (Å²) in [6.07, 6.45) is 0.846. The van der Waals surface area contributed by atoms with E-state index in [0.29, 0.717) is 42.6 Å². The first-order valence-corrected chi connectivity index (χ1v) is 12.1. The van der Waals surface area contributed by atoms with Crippen molar-refractivity contribution in [1.82, 2.24) is 9.80 Å². The highest BCUT2D eigenvalue weighted by molar-refractivity contribution is 5.82. The molecule has 2 aromatic carbocycles. The lowest BCUT2D eigenvalue weighted by molar-refractivity contribution is -0.139. The molecule has 0 fully saturated rings. The summed E-state index contributed by atoms with van der Waals surface area (Å²) in [6.45, 7) is 4.70. The standard InChI is InChI=1S/C27H36N2O6/c1-7-34-24-11-16-9-20-27(28(3)4)19-14-23(33-6)22(32-5)10-17(19)12-26(31)29(20)21(15-30)18(16)13-25(24)35-8-2/h10-11,13-14,20-21,27,30H,7-9,12,15H2,1-6H3/t20?,21?,27-/m1/s1. The fourth-order valence-electron chi connectivity index (χ4n) is 5.60. The van der Waals surface area contributed by atoms with E-state index in [1.807, 2.05) is 57.1 Å². The number of fused-ring (bicyclic) bond motifs is 3. The average molecular weight is 485 g/mol. The molecule has 0 radical (unpaired) electrons. The number of aliphatic hydroxyl groups excluding tert-OH is 1. The SMILES string of the molecule is CCOc1cc2c(cc1OCC)C(CO)N1C(=O)Cc3cc(OC)c(OC)cc3[C@@H](N(C)C)C1C2. The molecule has 8 heteroatoms. The van der Waals surface area contributed by atoms with E-state index in [1.54, 1.807) is 14.2 Å². The minimum Gasteiger partial charge on any atom is -0.493 e. The lowest BCUT2D eigenvalue weighted by atomic mass is 9.83. The number of ether oxygens (including phenoxy) is 4. The number of amides is 1. The van der Waals surface area contributed by atoms with Crippen LogP contribution in [0.1, 0.15) is 48.2 Å². The first-order chi connectivity index (χ1) is 16.9. The Bertz CT molecular complexity index is 1090. The van der Waals surface area contributed by atoms with Crippen LogP contribution in [0.5, 0.6) is 23.0 Å². The summed E-state index contributed by atoms with van der Waals surface area (Å²) in [5.74, 6) is 2.53. The van der Waals surface area contributed by atoms with Gasteiger partial charge in [0.15, 0.2) is 23.0 Å². The Morgan fingerprint density at radius 1 is 0.914 bits per heavy atom. The van der Waals surface area contributed by atoms with E-state index in [1.165, 1.54) is 0 Å². The molecule has 2 aliphatic heterocycles. The molecule has 2 unspecified atom stereocenters. The van der Waals surface area contributed by atoms with Crippen LogP contribution in [-0.4, -0.2) is 75.0 Å². The van der Waals surface area contributed by atoms with Gasteiger partial charge in [0.2, 0.25) is 5.91 Å². The summed E-state index contributed by atoms with van der Waals surface area (Å²) < 4.78 is 22.9. The smallest absolute Gasteiger partial charge is 0.227 e. The van der Waals surface area contributed by atoms with Gasteiger partial charge >= 0.3 is 0 Å². The highest BCUT2D eigenvalue weighted by Gasteiger charge is 2.45. The molecule has 3 atom stereocenters. The third-order valence-electron chi connectivity index (χ3n) is 6.97. The molecule has 8 nitrogen and oxygen atoms in total. The second kappa shape index (κ2) is 10.3. The van der Waals surface area contributed by atoms with Crippen LogP contribution in [0, 0.1) is 0 Å². The largest absolute Gasteiger partial charge is 0.493 e. The normalized spacial score (nSPS) is 21.1. The summed E-state index contributed by atoms with van der Waals surface area (Å²) in [6, 6.07) is 7.07. The molecule has 35 heavy (non-hydrogen) atoms. The number of likely N-dealkylation sites (N-methyl/N-ethyl adjacent to an activating group) is 1. The van der Waals surface area contributed by atoms with Gasteiger partial charge in [0, 0.05) is 0 Å². The molecule has 0 saturated heterocycles. The number of benzene rings is 2. The molecule has 0 spiro atoms. The monoisotopic (exact) mass is 484 g/mol. The maximum absolute atomic E-state index is 13.8. The van der Waals surface area contributed by atoms with Gasteiger partial charge in [0.05, 0.1) is 58.6 Å². The maximum Gasteiger partial charge on any atom is 0.227 e. The van der Waals surface area contributed by atoms with Crippen LogP contribution in [-0.2, 0) is 17.6 Å². The Morgan fingerprint density at radius 3 is 2.06 bits per heavy atom. The van der Waals surface area contributed by atoms with Crippen LogP contribution < -0.4 is 18.9 Å². The second-order valence-corrected chi connectivity index (χ2v) is 9.13. The first-order valence-electron chi connectivity index (χ1n) is 12.1. The summed E-state index contributed by atoms with van der Waals surface area (Å²) in [5.41, 5.74) is 3.90. The van der Waals surface area contributed by atoms with E-state index < -0.39 is 6.04 Å². The summed E-state index contributed by atoms with van der Waals surface area (Å²) in [7, 11) is 7.26. The van der Waals surface area contributed by atoms with E-state index in [-0.39, 0.29) is 31.0 Å². The minimum absolute atomic E-state index is 0.0237. The van der Waals surface area contributed by atoms with E-state index >= 15 is 0 Å². The predicted octanol–water partition coefficient (Wildman–Crippen LogP) is 3.15. The van der Waals surface area contributed by atoms with E-state index in [0.717, 1.165) is 22.3 Å². The number of carbonyl (C=O) groups excluding carboxylic acids is 1. The number of rotatable bonds is 8. The van der Waals surface area contributed by atoms with Gasteiger partial charge in [-0.2, -0.15) is 0 Å². The lowest BCUT2D eigenvalue weighted by Crippen LogP contribution is -2.52. The van der Waals surface area contributed by atoms with Crippen molar-refractivity contribution in [3.05, 3.63) is 46.5 Å². The van der Waals surface area contributed by atoms with Crippen molar-refractivity contribution in [3.63, 3.8) is 0 Å². The van der Waals surface area contributed by atoms with E-state index in [4.69, 9.17) is 18.9 Å². The van der Waals surface area contributed by atoms with Gasteiger partial charge in [-0.25, -0.2) is 0 Å². The van der Waals surface area contributed by atoms with Gasteiger partial charge in [-0.3, -0.25) is 4.79 Å². The zero-order valence-corrected chi connectivity index (χ0v) is 21.5. The topological polar surface area (TPSA) is 80.7 Å². The third-order valence-corrected chi connectivity index (χ3v) is 6.97. The van der Waals surface area contributed by atoms with Gasteiger partial charge < -0.3 is 33.9 Å². The second-order valence-electron chi connectivity index (χ2n) is 9.13. The van der Waals surface area contributed by atoms with Crippen LogP contribution in [0.15, 0.2) is 24.3 Å². The van der Waals surface area contributed by atoms with Crippen LogP contribution >= 0.6 is 0 Å². The lowest BCUT2D eigenvalue weighted by Gasteiger charge is -2.46. The third kappa shape index (κ3) is 4.41. The summed E-state index contributed by atoms with van der Waals surface area (Å²) in [5, 5.41) is 10.6. The molecular formula is C27H36N2O6. The molecule has 2 aliphatic rings. The van der Waals surface area contributed by atoms with Crippen molar-refractivity contribution in [2.45, 2.75) is 44.8 Å². The maximum atomic E-state index is 13.8. The number of hydrogen-bond acceptors (Lipinski definition) is 7. The fraction of sp³-hybridized carbons (Fsp3) is 0.519. The highest BCUT2D eigenvalue weighted by Crippen LogP contribution is 2.47. The number of aliphatic hydroxyl groups is 1. The summed E-state index contributed by atoms with van der Waals surface area (Å²) in [4.78, 5) is 17.8. The van der Waals surface area contributed by atoms with Gasteiger partial charge in [-0.1, -0.05) is 0 Å². The Morgan fingerprint density at radius 2 is 1.49 bits per heavy atom. The Labute approximate surface area is 207 Å². The molecular weight excluding hydrogens is 448 g/mol. The zero-order chi connectivity index (χ0) is 25.3. The number of methoxy groups -OCH3 is 2. The molecule has 1 N–H and O–H groups in total. The molecule has 2 heterocycles. The number of hydrogen-bond donors (Lipinski definition) is 1. The summed E-state index contributed by atoms with van der Waals surface area (Å²) >= 11 is 0. The molecule has 0 saturated carbocycles. The molecule has 0 aromatic heterocycles. The minimum atomic E-state index is -0.480. The predicted molar refractivity (Wildman–Crippen MR) is 133 cm³/mol. The number of nitrogens with zero attached hydrogens (tertiary/aromatic N) is 2. The van der Waals surface area contributed by atoms with Crippen LogP contribution in [0.25, 0.3) is 0 Å². The Kier molecular flexibility index (Phi) is 7.42. The van der Waals surface area contributed by atoms with Crippen molar-refractivity contribution >= 4 is 5.91 Å². The molecule has 2 aromatic rings. The molecule has 0 bridgehead atoms. The van der Waals surface area contributed by atoms with Crippen LogP contribution in [0.4, 0.5) is 0 Å². The van der Waals surface area contributed by atoms with Crippen molar-refractivity contribution in [1.29, 1.82) is 0 Å². The van der Waals surface area contributed by atoms with Gasteiger partial charge in [-0.15, -0.1) is 0 Å². The average Bonchev–Trinajstić information content (AvgIpc) is 2.95. The first kappa shape index (κ1) is 25.1. The van der Waals surface area contributed by atoms with E-state index in [9.17, 15) is 9.90 Å². The molecule has 4 rings (SSSR count). The van der Waals surface area contributed by atoms with Crippen molar-refractivity contribution in [3.8, 4) is 23.0 Å². The Hall–Kier alpha value is -2.97. The molecule has 190 valence electrons. The van der Waals surface area contributed by atoms with Crippen molar-refractivity contribution in [2.24, 2.45) is 0 Å². The van der Waals surface area contributed by atoms with Crippen LogP contribution in [0.2, 0.25) is 0 Å². The number of carbonyl (C=O) groups is 1. The van der Waals surface area contributed by atoms with Gasteiger partial charge in [0.25, 0.3) is 0 Å². The highest BCUT2D eigenvalue weighted by atomic mass is 16.5. The fourth-order valence-corrected chi connectivity index (χ4v) is 5.60. The van der Waals surface area contributed by atoms with Gasteiger partial charge in [0.1, 0.15) is 0 Å². The van der Waals surface area contributed by atoms with Crippen molar-refractivity contribution in [2.75, 3.05) is 48.1 Å². The van der Waals surface area contributed by atoms with Gasteiger partial charge in [-0.05, 0) is 80.9 Å². The zero-order valence-electron chi connectivity index (χ0n) is 21.5. The molecule has 1 amide bonds. The van der Waals surface area contributed by atoms with Crippen LogP contribution in [0.3, 0.4) is 0 Å². The molecule has 0 aliphatic carbocycles. The van der Waals surface area contributed by atoms with Crippen molar-refractivity contribution < 1.29 is 28.8 Å².